The van der Waals surface area contributed by atoms with Crippen molar-refractivity contribution in [2.75, 3.05) is 24.6 Å². The van der Waals surface area contributed by atoms with Gasteiger partial charge in [0.25, 0.3) is 11.7 Å². The van der Waals surface area contributed by atoms with Gasteiger partial charge in [-0.3, -0.25) is 9.69 Å². The molecule has 6 nitrogen and oxygen atoms in total. The fourth-order valence-corrected chi connectivity index (χ4v) is 2.42. The zero-order valence-corrected chi connectivity index (χ0v) is 13.2. The molecule has 2 N–H and O–H groups in total. The van der Waals surface area contributed by atoms with Crippen LogP contribution in [0.3, 0.4) is 0 Å². The summed E-state index contributed by atoms with van der Waals surface area (Å²) < 4.78 is 5.14. The molecule has 1 saturated heterocycles. The molecule has 0 bridgehead atoms. The monoisotopic (exact) mass is 306 g/mol. The standard InChI is InChI=1S/C16H23N3O3/c1-3-12(2)18-14(20)11-22-16(21)13-7-6-8-17-15(13)19-9-4-5-10-19/h6-8,12H,3-5,9-11H2,1-2H3,(H,18,20)/p+1/t12-/m0/s1. The first-order valence-electron chi connectivity index (χ1n) is 7.84. The van der Waals surface area contributed by atoms with Crippen molar-refractivity contribution in [3.8, 4) is 0 Å². The first-order valence-corrected chi connectivity index (χ1v) is 7.84. The summed E-state index contributed by atoms with van der Waals surface area (Å²) in [6, 6.07) is 3.56. The average Bonchev–Trinajstić information content (AvgIpc) is 3.06. The first-order chi connectivity index (χ1) is 10.6. The van der Waals surface area contributed by atoms with Crippen molar-refractivity contribution in [3.63, 3.8) is 0 Å². The van der Waals surface area contributed by atoms with Crippen LogP contribution in [0.1, 0.15) is 43.5 Å². The van der Waals surface area contributed by atoms with Gasteiger partial charge in [0.2, 0.25) is 0 Å². The minimum atomic E-state index is -0.474. The number of carbonyl (C=O) groups excluding carboxylic acids is 2. The highest BCUT2D eigenvalue weighted by Crippen LogP contribution is 2.20. The number of hydrogen-bond donors (Lipinski definition) is 1. The lowest BCUT2D eigenvalue weighted by Crippen LogP contribution is -2.35. The molecule has 2 heterocycles. The van der Waals surface area contributed by atoms with Crippen LogP contribution in [0.2, 0.25) is 0 Å². The number of anilines is 1. The van der Waals surface area contributed by atoms with Crippen LogP contribution >= 0.6 is 0 Å². The predicted molar refractivity (Wildman–Crippen MR) is 82.6 cm³/mol. The Kier molecular flexibility index (Phi) is 5.75. The third-order valence-corrected chi connectivity index (χ3v) is 3.83. The second-order valence-corrected chi connectivity index (χ2v) is 5.58. The van der Waals surface area contributed by atoms with E-state index in [9.17, 15) is 9.59 Å². The maximum absolute atomic E-state index is 12.2. The Hall–Kier alpha value is -2.11. The van der Waals surface area contributed by atoms with Gasteiger partial charge in [-0.05, 0) is 38.3 Å². The number of pyridine rings is 1. The van der Waals surface area contributed by atoms with Crippen molar-refractivity contribution in [1.29, 1.82) is 0 Å². The molecule has 1 aromatic heterocycles. The summed E-state index contributed by atoms with van der Waals surface area (Å²) in [5.41, 5.74) is 0.473. The average molecular weight is 306 g/mol. The number of hydrogen-bond acceptors (Lipinski definition) is 4. The lowest BCUT2D eigenvalue weighted by atomic mass is 10.2. The Bertz CT molecular complexity index is 527. The normalized spacial score (nSPS) is 15.5. The maximum atomic E-state index is 12.2. The van der Waals surface area contributed by atoms with Crippen LogP contribution in [-0.2, 0) is 9.53 Å². The van der Waals surface area contributed by atoms with Gasteiger partial charge in [0.05, 0.1) is 19.3 Å². The molecule has 22 heavy (non-hydrogen) atoms. The van der Waals surface area contributed by atoms with Crippen LogP contribution in [-0.4, -0.2) is 37.6 Å². The number of ether oxygens (including phenoxy) is 1. The van der Waals surface area contributed by atoms with Crippen LogP contribution in [0.25, 0.3) is 0 Å². The largest absolute Gasteiger partial charge is 0.452 e. The van der Waals surface area contributed by atoms with E-state index in [1.54, 1.807) is 18.3 Å². The topological polar surface area (TPSA) is 72.8 Å². The zero-order chi connectivity index (χ0) is 15.9. The van der Waals surface area contributed by atoms with Crippen molar-refractivity contribution in [2.45, 2.75) is 39.2 Å². The summed E-state index contributed by atoms with van der Waals surface area (Å²) in [6.07, 6.45) is 4.87. The predicted octanol–water partition coefficient (Wildman–Crippen LogP) is 1.17. The van der Waals surface area contributed by atoms with Gasteiger partial charge in [0.1, 0.15) is 5.56 Å². The van der Waals surface area contributed by atoms with Gasteiger partial charge in [-0.1, -0.05) is 6.92 Å². The molecule has 0 saturated carbocycles. The summed E-state index contributed by atoms with van der Waals surface area (Å²) in [4.78, 5) is 29.2. The first kappa shape index (κ1) is 16.3. The molecule has 120 valence electrons. The molecule has 1 amide bonds. The van der Waals surface area contributed by atoms with E-state index in [0.717, 1.165) is 38.2 Å². The number of aromatic amines is 1. The van der Waals surface area contributed by atoms with Gasteiger partial charge >= 0.3 is 5.97 Å². The number of aromatic nitrogens is 1. The number of carbonyl (C=O) groups is 2. The number of amides is 1. The third-order valence-electron chi connectivity index (χ3n) is 3.83. The summed E-state index contributed by atoms with van der Waals surface area (Å²) >= 11 is 0. The molecule has 2 rings (SSSR count). The summed E-state index contributed by atoms with van der Waals surface area (Å²) in [5, 5.41) is 2.77. The van der Waals surface area contributed by atoms with Gasteiger partial charge in [0.15, 0.2) is 6.61 Å². The Labute approximate surface area is 130 Å². The van der Waals surface area contributed by atoms with Crippen LogP contribution < -0.4 is 15.2 Å². The Morgan fingerprint density at radius 1 is 1.41 bits per heavy atom. The SMILES string of the molecule is CC[C@H](C)NC(=O)COC(=O)c1ccc[nH+]c1N1CCCC1. The summed E-state index contributed by atoms with van der Waals surface area (Å²) in [5.74, 6) is 0.0238. The van der Waals surface area contributed by atoms with E-state index < -0.39 is 5.97 Å². The number of rotatable bonds is 6. The molecular weight excluding hydrogens is 282 g/mol. The fourth-order valence-electron chi connectivity index (χ4n) is 2.42. The fraction of sp³-hybridized carbons (Fsp3) is 0.562. The Morgan fingerprint density at radius 3 is 2.82 bits per heavy atom. The van der Waals surface area contributed by atoms with Crippen molar-refractivity contribution in [1.82, 2.24) is 5.32 Å². The molecule has 1 atom stereocenters. The van der Waals surface area contributed by atoms with Crippen molar-refractivity contribution < 1.29 is 19.3 Å². The molecule has 0 unspecified atom stereocenters. The van der Waals surface area contributed by atoms with Crippen LogP contribution in [0.15, 0.2) is 18.3 Å². The van der Waals surface area contributed by atoms with Crippen LogP contribution in [0, 0.1) is 0 Å². The quantitative estimate of drug-likeness (QED) is 0.801. The van der Waals surface area contributed by atoms with Gasteiger partial charge in [-0.15, -0.1) is 0 Å². The lowest BCUT2D eigenvalue weighted by molar-refractivity contribution is -0.364. The molecular formula is C16H24N3O3+. The second-order valence-electron chi connectivity index (χ2n) is 5.58. The molecule has 0 spiro atoms. The highest BCUT2D eigenvalue weighted by atomic mass is 16.5. The molecule has 0 aliphatic carbocycles. The Morgan fingerprint density at radius 2 is 2.14 bits per heavy atom. The minimum absolute atomic E-state index is 0.0800. The maximum Gasteiger partial charge on any atom is 0.347 e. The van der Waals surface area contributed by atoms with E-state index in [1.807, 2.05) is 13.8 Å². The van der Waals surface area contributed by atoms with Gasteiger partial charge in [0, 0.05) is 6.04 Å². The highest BCUT2D eigenvalue weighted by molar-refractivity contribution is 5.95. The Balaban J connectivity index is 1.96. The lowest BCUT2D eigenvalue weighted by Gasteiger charge is -2.13. The number of H-pyrrole nitrogens is 1. The molecule has 1 aromatic rings. The summed E-state index contributed by atoms with van der Waals surface area (Å²) in [6.45, 7) is 5.50. The van der Waals surface area contributed by atoms with Crippen molar-refractivity contribution >= 4 is 17.7 Å². The molecule has 1 fully saturated rings. The number of nitrogens with one attached hydrogen (secondary N) is 2. The van der Waals surface area contributed by atoms with Crippen molar-refractivity contribution in [2.24, 2.45) is 0 Å². The van der Waals surface area contributed by atoms with E-state index in [-0.39, 0.29) is 18.6 Å². The summed E-state index contributed by atoms with van der Waals surface area (Å²) in [7, 11) is 0. The van der Waals surface area contributed by atoms with E-state index in [2.05, 4.69) is 15.2 Å². The number of esters is 1. The molecule has 6 heteroatoms. The van der Waals surface area contributed by atoms with E-state index >= 15 is 0 Å². The second kappa shape index (κ2) is 7.77. The number of nitrogens with zero attached hydrogens (tertiary/aromatic N) is 1. The van der Waals surface area contributed by atoms with Crippen LogP contribution in [0.5, 0.6) is 0 Å². The highest BCUT2D eigenvalue weighted by Gasteiger charge is 2.27. The molecule has 0 aromatic carbocycles. The van der Waals surface area contributed by atoms with Crippen LogP contribution in [0.4, 0.5) is 5.82 Å². The van der Waals surface area contributed by atoms with Gasteiger partial charge < -0.3 is 10.1 Å². The van der Waals surface area contributed by atoms with Gasteiger partial charge in [-0.25, -0.2) is 9.78 Å². The van der Waals surface area contributed by atoms with E-state index in [1.165, 1.54) is 0 Å². The zero-order valence-electron chi connectivity index (χ0n) is 13.2. The molecule has 0 radical (unpaired) electrons. The van der Waals surface area contributed by atoms with E-state index in [0.29, 0.717) is 5.56 Å². The molecule has 1 aliphatic heterocycles. The van der Waals surface area contributed by atoms with E-state index in [4.69, 9.17) is 4.74 Å². The van der Waals surface area contributed by atoms with Crippen molar-refractivity contribution in [3.05, 3.63) is 23.9 Å². The molecule has 1 aliphatic rings. The minimum Gasteiger partial charge on any atom is -0.452 e. The smallest absolute Gasteiger partial charge is 0.347 e. The third kappa shape index (κ3) is 4.19. The van der Waals surface area contributed by atoms with Gasteiger partial charge in [-0.2, -0.15) is 0 Å².